The molecule has 1 saturated heterocycles. The number of nitrogens with one attached hydrogen (secondary N) is 3. The van der Waals surface area contributed by atoms with E-state index in [0.29, 0.717) is 19.0 Å². The molecule has 4 rings (SSSR count). The number of carbonyl (C=O) groups excluding carboxylic acids is 2. The molecule has 0 atom stereocenters. The van der Waals surface area contributed by atoms with Crippen LogP contribution in [-0.4, -0.2) is 63.3 Å². The smallest absolute Gasteiger partial charge is 0.340 e. The van der Waals surface area contributed by atoms with Crippen molar-refractivity contribution in [2.75, 3.05) is 36.4 Å². The van der Waals surface area contributed by atoms with Gasteiger partial charge in [-0.15, -0.1) is 5.92 Å². The molecule has 0 spiro atoms. The van der Waals surface area contributed by atoms with Crippen molar-refractivity contribution in [1.29, 1.82) is 0 Å². The third kappa shape index (κ3) is 5.39. The van der Waals surface area contributed by atoms with Crippen LogP contribution in [0.1, 0.15) is 17.3 Å². The zero-order chi connectivity index (χ0) is 27.4. The molecule has 2 aromatic heterocycles. The number of hydrogen-bond donors (Lipinski definition) is 3. The van der Waals surface area contributed by atoms with Gasteiger partial charge in [-0.05, 0) is 19.1 Å². The predicted molar refractivity (Wildman–Crippen MR) is 131 cm³/mol. The second-order valence-electron chi connectivity index (χ2n) is 8.12. The quantitative estimate of drug-likeness (QED) is 0.326. The van der Waals surface area contributed by atoms with Crippen LogP contribution in [0.2, 0.25) is 0 Å². The Morgan fingerprint density at radius 2 is 1.89 bits per heavy atom. The summed E-state index contributed by atoms with van der Waals surface area (Å²) in [5, 5.41) is 6.11. The molecular formula is C23H23F3N8O4. The van der Waals surface area contributed by atoms with Crippen LogP contribution < -0.4 is 26.6 Å². The minimum atomic E-state index is -5.28. The van der Waals surface area contributed by atoms with Crippen molar-refractivity contribution < 1.29 is 27.6 Å². The molecule has 1 amide bonds. The number of imidazole rings is 1. The van der Waals surface area contributed by atoms with Crippen molar-refractivity contribution in [2.45, 2.75) is 19.6 Å². The largest absolute Gasteiger partial charge is 0.493 e. The minimum absolute atomic E-state index is 0.0214. The molecule has 1 aliphatic rings. The first-order valence-electron chi connectivity index (χ1n) is 11.4. The summed E-state index contributed by atoms with van der Waals surface area (Å²) in [6.07, 6.45) is -5.28. The molecule has 1 aromatic carbocycles. The van der Waals surface area contributed by atoms with E-state index in [9.17, 15) is 27.6 Å². The van der Waals surface area contributed by atoms with Gasteiger partial charge in [-0.2, -0.15) is 28.6 Å². The van der Waals surface area contributed by atoms with Crippen molar-refractivity contribution in [1.82, 2.24) is 29.9 Å². The Balaban J connectivity index is 1.70. The number of alkyl halides is 3. The van der Waals surface area contributed by atoms with Gasteiger partial charge in [-0.3, -0.25) is 18.7 Å². The molecule has 0 radical (unpaired) electrons. The van der Waals surface area contributed by atoms with Crippen LogP contribution in [-0.2, 0) is 23.2 Å². The van der Waals surface area contributed by atoms with Gasteiger partial charge in [0, 0.05) is 33.2 Å². The van der Waals surface area contributed by atoms with Crippen LogP contribution in [0.15, 0.2) is 29.1 Å². The van der Waals surface area contributed by atoms with Crippen molar-refractivity contribution in [3.63, 3.8) is 0 Å². The number of anilines is 3. The average molecular weight is 532 g/mol. The highest BCUT2D eigenvalue weighted by Gasteiger charge is 2.42. The first kappa shape index (κ1) is 26.5. The Labute approximate surface area is 213 Å². The van der Waals surface area contributed by atoms with Crippen molar-refractivity contribution in [3.8, 4) is 11.8 Å². The van der Waals surface area contributed by atoms with Crippen molar-refractivity contribution >= 4 is 40.6 Å². The number of hydrogen-bond acceptors (Lipinski definition) is 9. The molecule has 200 valence electrons. The summed E-state index contributed by atoms with van der Waals surface area (Å²) in [7, 11) is 1.47. The van der Waals surface area contributed by atoms with Gasteiger partial charge in [0.15, 0.2) is 11.2 Å². The molecule has 15 heteroatoms. The van der Waals surface area contributed by atoms with Gasteiger partial charge < -0.3 is 20.4 Å². The Hall–Kier alpha value is -4.58. The molecule has 12 nitrogen and oxygen atoms in total. The number of nitrogens with zero attached hydrogens (tertiary/aromatic N) is 5. The monoisotopic (exact) mass is 532 g/mol. The normalized spacial score (nSPS) is 13.6. The van der Waals surface area contributed by atoms with E-state index in [1.54, 1.807) is 17.6 Å². The predicted octanol–water partition coefficient (Wildman–Crippen LogP) is 1.06. The first-order valence-corrected chi connectivity index (χ1v) is 11.4. The van der Waals surface area contributed by atoms with E-state index < -0.39 is 23.6 Å². The van der Waals surface area contributed by atoms with E-state index >= 15 is 0 Å². The van der Waals surface area contributed by atoms with Crippen LogP contribution in [0.4, 0.5) is 30.8 Å². The van der Waals surface area contributed by atoms with Gasteiger partial charge >= 0.3 is 12.1 Å². The average Bonchev–Trinajstić information content (AvgIpc) is 3.27. The van der Waals surface area contributed by atoms with E-state index in [-0.39, 0.29) is 34.9 Å². The van der Waals surface area contributed by atoms with E-state index in [1.165, 1.54) is 35.3 Å². The Morgan fingerprint density at radius 1 is 1.18 bits per heavy atom. The molecule has 0 unspecified atom stereocenters. The Bertz CT molecular complexity index is 1500. The number of para-hydroxylation sites is 1. The number of aromatic nitrogens is 4. The Morgan fingerprint density at radius 3 is 2.58 bits per heavy atom. The van der Waals surface area contributed by atoms with Gasteiger partial charge in [0.05, 0.1) is 17.8 Å². The van der Waals surface area contributed by atoms with Crippen LogP contribution >= 0.6 is 0 Å². The maximum atomic E-state index is 13.4. The number of halogens is 3. The zero-order valence-electron chi connectivity index (χ0n) is 20.3. The molecule has 1 aliphatic heterocycles. The number of hydroxylamine groups is 1. The molecule has 0 saturated carbocycles. The summed E-state index contributed by atoms with van der Waals surface area (Å²) in [5.74, 6) is 2.65. The molecule has 1 fully saturated rings. The van der Waals surface area contributed by atoms with Crippen molar-refractivity contribution in [2.24, 2.45) is 7.05 Å². The SMILES string of the molecule is CC#CCn1c(N2CCNCC2)nc2nc(Nc3ccccc3C(=O)NOC(=O)C(F)(F)F)n(C)c(=O)c21. The van der Waals surface area contributed by atoms with Gasteiger partial charge in [-0.25, -0.2) is 4.79 Å². The highest BCUT2D eigenvalue weighted by atomic mass is 19.4. The molecular weight excluding hydrogens is 509 g/mol. The summed E-state index contributed by atoms with van der Waals surface area (Å²) >= 11 is 0. The fourth-order valence-electron chi connectivity index (χ4n) is 3.79. The summed E-state index contributed by atoms with van der Waals surface area (Å²) in [4.78, 5) is 51.8. The van der Waals surface area contributed by atoms with E-state index in [1.807, 2.05) is 4.90 Å². The molecule has 3 heterocycles. The summed E-state index contributed by atoms with van der Waals surface area (Å²) < 4.78 is 40.1. The molecule has 3 N–H and O–H groups in total. The number of carbonyl (C=O) groups is 2. The number of piperazine rings is 1. The standard InChI is InChI=1S/C23H23F3N8O4/c1-3-4-11-34-16-17(30-22(34)33-12-9-27-10-13-33)29-21(32(2)19(16)36)28-15-8-6-5-7-14(15)18(35)31-38-20(37)23(24,25)26/h5-8,27H,9-13H2,1-2H3,(H,28,29)(H,31,35). The van der Waals surface area contributed by atoms with Crippen LogP contribution in [0.25, 0.3) is 11.2 Å². The highest BCUT2D eigenvalue weighted by molar-refractivity contribution is 6.00. The van der Waals surface area contributed by atoms with Crippen molar-refractivity contribution in [3.05, 3.63) is 40.2 Å². The lowest BCUT2D eigenvalue weighted by molar-refractivity contribution is -0.204. The number of benzene rings is 1. The first-order chi connectivity index (χ1) is 18.1. The number of rotatable bonds is 5. The second kappa shape index (κ2) is 10.8. The van der Waals surface area contributed by atoms with Gasteiger partial charge in [0.2, 0.25) is 11.9 Å². The topological polar surface area (TPSA) is 135 Å². The molecule has 0 bridgehead atoms. The maximum Gasteiger partial charge on any atom is 0.493 e. The van der Waals surface area contributed by atoms with Gasteiger partial charge in [-0.1, -0.05) is 18.1 Å². The number of amides is 1. The third-order valence-electron chi connectivity index (χ3n) is 5.67. The zero-order valence-corrected chi connectivity index (χ0v) is 20.3. The van der Waals surface area contributed by atoms with Crippen LogP contribution in [0.5, 0.6) is 0 Å². The lowest BCUT2D eigenvalue weighted by atomic mass is 10.1. The number of fused-ring (bicyclic) bond motifs is 1. The van der Waals surface area contributed by atoms with E-state index in [4.69, 9.17) is 0 Å². The van der Waals surface area contributed by atoms with Gasteiger partial charge in [0.25, 0.3) is 11.5 Å². The lowest BCUT2D eigenvalue weighted by Gasteiger charge is -2.28. The summed E-state index contributed by atoms with van der Waals surface area (Å²) in [5.41, 5.74) is 1.38. The second-order valence-corrected chi connectivity index (χ2v) is 8.12. The van der Waals surface area contributed by atoms with E-state index in [2.05, 4.69) is 37.3 Å². The van der Waals surface area contributed by atoms with Crippen LogP contribution in [0, 0.1) is 11.8 Å². The fraction of sp³-hybridized carbons (Fsp3) is 0.348. The molecule has 3 aromatic rings. The van der Waals surface area contributed by atoms with Gasteiger partial charge in [0.1, 0.15) is 0 Å². The fourth-order valence-corrected chi connectivity index (χ4v) is 3.79. The lowest BCUT2D eigenvalue weighted by Crippen LogP contribution is -2.44. The molecule has 38 heavy (non-hydrogen) atoms. The van der Waals surface area contributed by atoms with E-state index in [0.717, 1.165) is 13.1 Å². The highest BCUT2D eigenvalue weighted by Crippen LogP contribution is 2.24. The van der Waals surface area contributed by atoms with Crippen LogP contribution in [0.3, 0.4) is 0 Å². The Kier molecular flexibility index (Phi) is 7.53. The maximum absolute atomic E-state index is 13.4. The summed E-state index contributed by atoms with van der Waals surface area (Å²) in [6.45, 7) is 4.77. The molecule has 0 aliphatic carbocycles. The minimum Gasteiger partial charge on any atom is -0.340 e. The third-order valence-corrected chi connectivity index (χ3v) is 5.67. The summed E-state index contributed by atoms with van der Waals surface area (Å²) in [6, 6.07) is 5.74.